The van der Waals surface area contributed by atoms with Crippen LogP contribution < -0.4 is 9.47 Å². The third-order valence-corrected chi connectivity index (χ3v) is 3.34. The minimum Gasteiger partial charge on any atom is -0.497 e. The van der Waals surface area contributed by atoms with Gasteiger partial charge in [0.2, 0.25) is 0 Å². The first-order chi connectivity index (χ1) is 10.0. The summed E-state index contributed by atoms with van der Waals surface area (Å²) >= 11 is 0. The highest BCUT2D eigenvalue weighted by molar-refractivity contribution is 5.46. The smallest absolute Gasteiger partial charge is 0.123 e. The third-order valence-electron chi connectivity index (χ3n) is 3.34. The minimum atomic E-state index is -0.954. The molecule has 116 valence electrons. The molecular weight excluding hydrogens is 264 g/mol. The van der Waals surface area contributed by atoms with Crippen LogP contribution in [-0.2, 0) is 0 Å². The van der Waals surface area contributed by atoms with Crippen LogP contribution in [0, 0.1) is 11.8 Å². The molecule has 0 aromatic heterocycles. The summed E-state index contributed by atoms with van der Waals surface area (Å²) in [5.41, 5.74) is -0.177. The number of ether oxygens (including phenoxy) is 2. The van der Waals surface area contributed by atoms with E-state index < -0.39 is 5.60 Å². The van der Waals surface area contributed by atoms with Crippen molar-refractivity contribution >= 4 is 0 Å². The fourth-order valence-electron chi connectivity index (χ4n) is 2.04. The maximum absolute atomic E-state index is 10.3. The molecule has 0 aliphatic heterocycles. The van der Waals surface area contributed by atoms with Crippen LogP contribution in [0.1, 0.15) is 51.5 Å². The maximum atomic E-state index is 10.3. The first-order valence-corrected chi connectivity index (χ1v) is 7.49. The van der Waals surface area contributed by atoms with Gasteiger partial charge in [0, 0.05) is 11.6 Å². The minimum absolute atomic E-state index is 0.696. The molecule has 0 spiro atoms. The average Bonchev–Trinajstić information content (AvgIpc) is 2.49. The molecule has 1 rings (SSSR count). The number of methoxy groups -OCH3 is 2. The predicted octanol–water partition coefficient (Wildman–Crippen LogP) is 3.78. The van der Waals surface area contributed by atoms with Crippen LogP contribution in [0.3, 0.4) is 0 Å². The van der Waals surface area contributed by atoms with E-state index in [-0.39, 0.29) is 0 Å². The highest BCUT2D eigenvalue weighted by atomic mass is 16.5. The fourth-order valence-corrected chi connectivity index (χ4v) is 2.04. The van der Waals surface area contributed by atoms with Crippen molar-refractivity contribution in [3.63, 3.8) is 0 Å². The second-order valence-corrected chi connectivity index (χ2v) is 5.44. The quantitative estimate of drug-likeness (QED) is 0.613. The molecule has 0 radical (unpaired) electrons. The van der Waals surface area contributed by atoms with Crippen LogP contribution in [0.4, 0.5) is 0 Å². The summed E-state index contributed by atoms with van der Waals surface area (Å²) in [4.78, 5) is 0. The molecule has 1 aromatic carbocycles. The molecule has 3 heteroatoms. The summed E-state index contributed by atoms with van der Waals surface area (Å²) in [5.74, 6) is 7.36. The monoisotopic (exact) mass is 290 g/mol. The van der Waals surface area contributed by atoms with Gasteiger partial charge in [-0.15, -0.1) is 0 Å². The van der Waals surface area contributed by atoms with Crippen LogP contribution in [0.5, 0.6) is 11.5 Å². The van der Waals surface area contributed by atoms with E-state index in [0.29, 0.717) is 17.9 Å². The van der Waals surface area contributed by atoms with Gasteiger partial charge in [-0.3, -0.25) is 0 Å². The predicted molar refractivity (Wildman–Crippen MR) is 85.8 cm³/mol. The zero-order valence-electron chi connectivity index (χ0n) is 13.5. The van der Waals surface area contributed by atoms with Gasteiger partial charge in [0.25, 0.3) is 0 Å². The lowest BCUT2D eigenvalue weighted by atomic mass is 9.98. The number of unbranched alkanes of at least 4 members (excludes halogenated alkanes) is 3. The Labute approximate surface area is 128 Å². The van der Waals surface area contributed by atoms with Crippen molar-refractivity contribution in [3.05, 3.63) is 23.8 Å². The summed E-state index contributed by atoms with van der Waals surface area (Å²) in [6.45, 7) is 3.94. The molecule has 21 heavy (non-hydrogen) atoms. The van der Waals surface area contributed by atoms with Gasteiger partial charge in [-0.05, 0) is 31.9 Å². The molecule has 0 saturated carbocycles. The zero-order chi connectivity index (χ0) is 15.7. The van der Waals surface area contributed by atoms with Gasteiger partial charge in [0.15, 0.2) is 0 Å². The lowest BCUT2D eigenvalue weighted by molar-refractivity contribution is 0.109. The second kappa shape index (κ2) is 8.59. The maximum Gasteiger partial charge on any atom is 0.123 e. The number of rotatable bonds is 7. The molecule has 3 nitrogen and oxygen atoms in total. The van der Waals surface area contributed by atoms with E-state index in [1.54, 1.807) is 27.2 Å². The van der Waals surface area contributed by atoms with Crippen molar-refractivity contribution < 1.29 is 14.6 Å². The average molecular weight is 290 g/mol. The fraction of sp³-hybridized carbons (Fsp3) is 0.556. The molecular formula is C18H26O3. The van der Waals surface area contributed by atoms with Crippen LogP contribution >= 0.6 is 0 Å². The van der Waals surface area contributed by atoms with Crippen LogP contribution in [0.25, 0.3) is 0 Å². The van der Waals surface area contributed by atoms with Crippen molar-refractivity contribution in [2.75, 3.05) is 14.2 Å². The molecule has 0 aliphatic carbocycles. The van der Waals surface area contributed by atoms with E-state index in [1.807, 2.05) is 12.1 Å². The lowest BCUT2D eigenvalue weighted by Crippen LogP contribution is -2.21. The van der Waals surface area contributed by atoms with Gasteiger partial charge in [-0.25, -0.2) is 0 Å². The molecule has 0 heterocycles. The molecule has 1 aromatic rings. The Morgan fingerprint density at radius 2 is 1.67 bits per heavy atom. The van der Waals surface area contributed by atoms with Crippen LogP contribution in [-0.4, -0.2) is 24.9 Å². The van der Waals surface area contributed by atoms with Gasteiger partial charge in [0.05, 0.1) is 14.2 Å². The van der Waals surface area contributed by atoms with Gasteiger partial charge < -0.3 is 14.6 Å². The molecule has 0 bridgehead atoms. The summed E-state index contributed by atoms with van der Waals surface area (Å²) in [6, 6.07) is 5.47. The Kier molecular flexibility index (Phi) is 7.11. The number of hydrogen-bond acceptors (Lipinski definition) is 3. The van der Waals surface area contributed by atoms with Crippen LogP contribution in [0.15, 0.2) is 18.2 Å². The van der Waals surface area contributed by atoms with Crippen molar-refractivity contribution in [2.24, 2.45) is 0 Å². The first-order valence-electron chi connectivity index (χ1n) is 7.49. The first kappa shape index (κ1) is 17.4. The molecule has 0 fully saturated rings. The number of hydrogen-bond donors (Lipinski definition) is 1. The largest absolute Gasteiger partial charge is 0.497 e. The van der Waals surface area contributed by atoms with Crippen molar-refractivity contribution in [2.45, 2.75) is 51.6 Å². The van der Waals surface area contributed by atoms with E-state index in [9.17, 15) is 5.11 Å². The van der Waals surface area contributed by atoms with Crippen molar-refractivity contribution in [3.8, 4) is 23.3 Å². The Balaban J connectivity index is 2.75. The lowest BCUT2D eigenvalue weighted by Gasteiger charge is -2.15. The third kappa shape index (κ3) is 6.55. The topological polar surface area (TPSA) is 38.7 Å². The van der Waals surface area contributed by atoms with Gasteiger partial charge in [0.1, 0.15) is 17.1 Å². The van der Waals surface area contributed by atoms with E-state index in [4.69, 9.17) is 9.47 Å². The van der Waals surface area contributed by atoms with E-state index in [0.717, 1.165) is 18.4 Å². The Bertz CT molecular complexity index is 473. The van der Waals surface area contributed by atoms with Gasteiger partial charge in [-0.1, -0.05) is 38.0 Å². The molecule has 0 saturated heterocycles. The zero-order valence-corrected chi connectivity index (χ0v) is 13.5. The van der Waals surface area contributed by atoms with Gasteiger partial charge >= 0.3 is 0 Å². The summed E-state index contributed by atoms with van der Waals surface area (Å²) in [6.07, 6.45) is 5.23. The molecule has 1 atom stereocenters. The Morgan fingerprint density at radius 3 is 2.19 bits per heavy atom. The molecule has 0 aliphatic rings. The summed E-state index contributed by atoms with van der Waals surface area (Å²) in [7, 11) is 3.21. The molecule has 1 N–H and O–H groups in total. The van der Waals surface area contributed by atoms with E-state index >= 15 is 0 Å². The SMILES string of the molecule is CCCCCCC(C)(O)C#Cc1cc(OC)cc(OC)c1. The Morgan fingerprint density at radius 1 is 1.05 bits per heavy atom. The summed E-state index contributed by atoms with van der Waals surface area (Å²) in [5, 5.41) is 10.3. The number of benzene rings is 1. The standard InChI is InChI=1S/C18H26O3/c1-5-6-7-8-10-18(2,19)11-9-15-12-16(20-3)14-17(13-15)21-4/h12-14,19H,5-8,10H2,1-4H3. The van der Waals surface area contributed by atoms with Gasteiger partial charge in [-0.2, -0.15) is 0 Å². The molecule has 1 unspecified atom stereocenters. The van der Waals surface area contributed by atoms with Crippen LogP contribution in [0.2, 0.25) is 0 Å². The highest BCUT2D eigenvalue weighted by Crippen LogP contribution is 2.22. The van der Waals surface area contributed by atoms with Crippen molar-refractivity contribution in [1.29, 1.82) is 0 Å². The normalized spacial score (nSPS) is 13.0. The Hall–Kier alpha value is -1.66. The number of aliphatic hydroxyl groups is 1. The van der Waals surface area contributed by atoms with E-state index in [2.05, 4.69) is 18.8 Å². The second-order valence-electron chi connectivity index (χ2n) is 5.44. The van der Waals surface area contributed by atoms with Crippen molar-refractivity contribution in [1.82, 2.24) is 0 Å². The molecule has 0 amide bonds. The highest BCUT2D eigenvalue weighted by Gasteiger charge is 2.15. The van der Waals surface area contributed by atoms with E-state index in [1.165, 1.54) is 12.8 Å². The summed E-state index contributed by atoms with van der Waals surface area (Å²) < 4.78 is 10.4.